The summed E-state index contributed by atoms with van der Waals surface area (Å²) in [5.41, 5.74) is 0.394. The highest BCUT2D eigenvalue weighted by atomic mass is 16.5. The molecule has 0 aliphatic carbocycles. The van der Waals surface area contributed by atoms with Crippen molar-refractivity contribution >= 4 is 6.29 Å². The summed E-state index contributed by atoms with van der Waals surface area (Å²) in [4.78, 5) is 10.9. The highest BCUT2D eigenvalue weighted by Gasteiger charge is 2.28. The zero-order chi connectivity index (χ0) is 11.3. The molecule has 1 rings (SSSR count). The summed E-state index contributed by atoms with van der Waals surface area (Å²) in [6.45, 7) is 5.88. The van der Waals surface area contributed by atoms with Gasteiger partial charge in [-0.25, -0.2) is 0 Å². The molecule has 0 saturated heterocycles. The highest BCUT2D eigenvalue weighted by Crippen LogP contribution is 2.23. The largest absolute Gasteiger partial charge is 0.479 e. The molecule has 0 heterocycles. The van der Waals surface area contributed by atoms with Gasteiger partial charge >= 0.3 is 0 Å². The van der Waals surface area contributed by atoms with E-state index in [0.29, 0.717) is 12.8 Å². The minimum atomic E-state index is -0.782. The lowest BCUT2D eigenvalue weighted by Crippen LogP contribution is -2.36. The minimum Gasteiger partial charge on any atom is -0.479 e. The molecule has 2 nitrogen and oxygen atoms in total. The monoisotopic (exact) mass is 205 g/mol. The van der Waals surface area contributed by atoms with Gasteiger partial charge in [-0.2, -0.15) is 0 Å². The maximum absolute atomic E-state index is 10.9. The van der Waals surface area contributed by atoms with E-state index in [1.807, 2.05) is 51.3 Å². The van der Waals surface area contributed by atoms with Crippen molar-refractivity contribution in [3.8, 4) is 5.75 Å². The van der Waals surface area contributed by atoms with Crippen molar-refractivity contribution in [2.75, 3.05) is 0 Å². The number of hydrogen-bond acceptors (Lipinski definition) is 2. The summed E-state index contributed by atoms with van der Waals surface area (Å²) in [5, 5.41) is 0. The molecule has 0 fully saturated rings. The van der Waals surface area contributed by atoms with Crippen LogP contribution in [0.2, 0.25) is 0 Å². The van der Waals surface area contributed by atoms with Crippen LogP contribution in [0.3, 0.4) is 0 Å². The van der Waals surface area contributed by atoms with E-state index >= 15 is 0 Å². The third-order valence-corrected chi connectivity index (χ3v) is 2.66. The van der Waals surface area contributed by atoms with Crippen LogP contribution in [0.25, 0.3) is 0 Å². The van der Waals surface area contributed by atoms with Crippen molar-refractivity contribution in [1.82, 2.24) is 0 Å². The summed E-state index contributed by atoms with van der Waals surface area (Å²) < 4.78 is 5.68. The lowest BCUT2D eigenvalue weighted by Gasteiger charge is -2.25. The van der Waals surface area contributed by atoms with Crippen LogP contribution in [0.15, 0.2) is 24.3 Å². The average molecular weight is 205 g/mol. The third kappa shape index (κ3) is 2.82. The first-order valence-corrected chi connectivity index (χ1v) is 5.31. The molecule has 0 aliphatic rings. The van der Waals surface area contributed by atoms with Crippen molar-refractivity contribution in [3.05, 3.63) is 29.8 Å². The molecule has 0 bridgehead atoms. The Morgan fingerprint density at radius 3 is 2.13 bits per heavy atom. The summed E-state index contributed by atoms with van der Waals surface area (Å²) in [6, 6.07) is 7.70. The molecule has 0 atom stereocenters. The molecule has 2 heteroatoms. The van der Waals surface area contributed by atoms with E-state index in [9.17, 15) is 4.79 Å². The van der Waals surface area contributed by atoms with Gasteiger partial charge in [0, 0.05) is 0 Å². The van der Waals surface area contributed by atoms with Gasteiger partial charge in [-0.3, -0.25) is 4.79 Å². The number of benzene rings is 1. The van der Waals surface area contributed by atoms with Crippen molar-refractivity contribution in [1.29, 1.82) is 0 Å². The second kappa shape index (κ2) is 4.96. The molecule has 81 valence electrons. The van der Waals surface area contributed by atoms with Crippen LogP contribution >= 0.6 is 0 Å². The Balaban J connectivity index is 2.83. The Morgan fingerprint density at radius 1 is 1.20 bits per heavy atom. The molecule has 1 aromatic carbocycles. The topological polar surface area (TPSA) is 26.3 Å². The molecule has 0 saturated carbocycles. The smallest absolute Gasteiger partial charge is 0.246 e. The van der Waals surface area contributed by atoms with Crippen molar-refractivity contribution < 1.29 is 9.53 Å². The average Bonchev–Trinajstić information content (AvgIpc) is 2.29. The summed E-state index contributed by atoms with van der Waals surface area (Å²) >= 11 is 0. The predicted octanol–water partition coefficient (Wildman–Crippen LogP) is 3.04. The van der Waals surface area contributed by atoms with Crippen molar-refractivity contribution in [3.63, 3.8) is 0 Å². The summed E-state index contributed by atoms with van der Waals surface area (Å²) in [6.07, 6.45) is 3.29. The second-order valence-electron chi connectivity index (χ2n) is 3.72. The Kier molecular flexibility index (Phi) is 3.89. The van der Waals surface area contributed by atoms with Gasteiger partial charge in [0.25, 0.3) is 0 Å². The number of hydrogen-bond donors (Lipinski definition) is 0. The maximum Gasteiger partial charge on any atom is 0.246 e. The fourth-order valence-electron chi connectivity index (χ4n) is 1.39. The molecule has 1 radical (unpaired) electrons. The zero-order valence-corrected chi connectivity index (χ0v) is 9.54. The third-order valence-electron chi connectivity index (χ3n) is 2.66. The van der Waals surface area contributed by atoms with Gasteiger partial charge in [-0.1, -0.05) is 31.5 Å². The second-order valence-corrected chi connectivity index (χ2v) is 3.72. The Morgan fingerprint density at radius 2 is 1.73 bits per heavy atom. The van der Waals surface area contributed by atoms with Crippen LogP contribution < -0.4 is 4.74 Å². The Hall–Kier alpha value is -1.31. The highest BCUT2D eigenvalue weighted by molar-refractivity contribution is 5.64. The number of aryl methyl sites for hydroxylation is 1. The standard InChI is InChI=1S/C13H17O2/c1-4-13(5-2,10-14)15-12-8-6-11(3)7-9-12/h6-9H,4-5H2,1-3H3. The molecule has 0 amide bonds. The maximum atomic E-state index is 10.9. The number of ether oxygens (including phenoxy) is 1. The van der Waals surface area contributed by atoms with E-state index in [1.54, 1.807) is 0 Å². The molecule has 0 aliphatic heterocycles. The number of carbonyl (C=O) groups excluding carboxylic acids is 1. The van der Waals surface area contributed by atoms with Gasteiger partial charge in [0.15, 0.2) is 5.60 Å². The predicted molar refractivity (Wildman–Crippen MR) is 60.8 cm³/mol. The van der Waals surface area contributed by atoms with Gasteiger partial charge in [-0.05, 0) is 31.9 Å². The molecule has 0 spiro atoms. The summed E-state index contributed by atoms with van der Waals surface area (Å²) in [7, 11) is 0. The molecule has 0 N–H and O–H groups in total. The lowest BCUT2D eigenvalue weighted by molar-refractivity contribution is 0.127. The van der Waals surface area contributed by atoms with Gasteiger partial charge < -0.3 is 4.74 Å². The van der Waals surface area contributed by atoms with Crippen LogP contribution in [0, 0.1) is 6.92 Å². The quantitative estimate of drug-likeness (QED) is 0.738. The minimum absolute atomic E-state index is 0.640. The van der Waals surface area contributed by atoms with E-state index in [0.717, 1.165) is 5.75 Å². The Bertz CT molecular complexity index is 310. The molecular formula is C13H17O2. The number of rotatable bonds is 5. The molecular weight excluding hydrogens is 188 g/mol. The van der Waals surface area contributed by atoms with E-state index in [2.05, 4.69) is 0 Å². The van der Waals surface area contributed by atoms with E-state index in [-0.39, 0.29) is 0 Å². The van der Waals surface area contributed by atoms with Crippen LogP contribution in [-0.2, 0) is 4.79 Å². The lowest BCUT2D eigenvalue weighted by atomic mass is 9.99. The van der Waals surface area contributed by atoms with Crippen LogP contribution in [0.5, 0.6) is 5.75 Å². The normalized spacial score (nSPS) is 11.1. The first-order valence-electron chi connectivity index (χ1n) is 5.31. The first kappa shape index (κ1) is 11.8. The SMILES string of the molecule is CCC([C]=O)(CC)Oc1ccc(C)cc1. The Labute approximate surface area is 91.3 Å². The van der Waals surface area contributed by atoms with E-state index in [4.69, 9.17) is 4.74 Å². The van der Waals surface area contributed by atoms with Crippen LogP contribution in [-0.4, -0.2) is 11.9 Å². The first-order chi connectivity index (χ1) is 7.15. The molecule has 0 aromatic heterocycles. The fraction of sp³-hybridized carbons (Fsp3) is 0.462. The fourth-order valence-corrected chi connectivity index (χ4v) is 1.39. The van der Waals surface area contributed by atoms with E-state index in [1.165, 1.54) is 5.56 Å². The van der Waals surface area contributed by atoms with Gasteiger partial charge in [-0.15, -0.1) is 0 Å². The van der Waals surface area contributed by atoms with Gasteiger partial charge in [0.2, 0.25) is 6.29 Å². The molecule has 15 heavy (non-hydrogen) atoms. The zero-order valence-electron chi connectivity index (χ0n) is 9.54. The van der Waals surface area contributed by atoms with Crippen molar-refractivity contribution in [2.45, 2.75) is 39.2 Å². The van der Waals surface area contributed by atoms with Crippen LogP contribution in [0.1, 0.15) is 32.3 Å². The van der Waals surface area contributed by atoms with E-state index < -0.39 is 5.60 Å². The molecule has 0 unspecified atom stereocenters. The van der Waals surface area contributed by atoms with Gasteiger partial charge in [0.1, 0.15) is 5.75 Å². The van der Waals surface area contributed by atoms with Gasteiger partial charge in [0.05, 0.1) is 0 Å². The van der Waals surface area contributed by atoms with Crippen LogP contribution in [0.4, 0.5) is 0 Å². The summed E-state index contributed by atoms with van der Waals surface area (Å²) in [5.74, 6) is 0.729. The van der Waals surface area contributed by atoms with Crippen molar-refractivity contribution in [2.24, 2.45) is 0 Å². The molecule has 1 aromatic rings.